The van der Waals surface area contributed by atoms with Crippen LogP contribution in [0.15, 0.2) is 46.5 Å². The van der Waals surface area contributed by atoms with E-state index in [1.165, 1.54) is 28.6 Å². The highest BCUT2D eigenvalue weighted by Gasteiger charge is 2.26. The molecule has 0 radical (unpaired) electrons. The van der Waals surface area contributed by atoms with E-state index >= 15 is 0 Å². The number of amides is 1. The van der Waals surface area contributed by atoms with E-state index in [9.17, 15) is 9.59 Å². The third-order valence-corrected chi connectivity index (χ3v) is 4.52. The summed E-state index contributed by atoms with van der Waals surface area (Å²) in [6, 6.07) is 10.1. The molecule has 1 atom stereocenters. The van der Waals surface area contributed by atoms with Gasteiger partial charge >= 0.3 is 0 Å². The Morgan fingerprint density at radius 2 is 2.14 bits per heavy atom. The molecular weight excluding hydrogens is 300 g/mol. The van der Waals surface area contributed by atoms with Gasteiger partial charge in [0.2, 0.25) is 5.91 Å². The van der Waals surface area contributed by atoms with E-state index in [1.54, 1.807) is 24.3 Å². The number of fused-ring (bicyclic) bond motifs is 1. The third kappa shape index (κ3) is 2.87. The molecule has 0 bridgehead atoms. The molecule has 1 aliphatic heterocycles. The highest BCUT2D eigenvalue weighted by molar-refractivity contribution is 7.99. The monoisotopic (exact) mass is 312 g/mol. The number of carbonyl (C=O) groups excluding carboxylic acids is 1. The second-order valence-corrected chi connectivity index (χ2v) is 5.85. The van der Waals surface area contributed by atoms with Gasteiger partial charge in [0.15, 0.2) is 5.16 Å². The molecule has 1 amide bonds. The maximum Gasteiger partial charge on any atom is 0.254 e. The van der Waals surface area contributed by atoms with Crippen LogP contribution in [0.1, 0.15) is 5.56 Å². The summed E-state index contributed by atoms with van der Waals surface area (Å²) < 4.78 is 1.52. The van der Waals surface area contributed by atoms with Gasteiger partial charge in [-0.25, -0.2) is 4.98 Å². The zero-order chi connectivity index (χ0) is 15.5. The van der Waals surface area contributed by atoms with Gasteiger partial charge in [0, 0.05) is 30.2 Å². The number of nitrogens with one attached hydrogen (secondary N) is 1. The molecule has 0 saturated carbocycles. The van der Waals surface area contributed by atoms with Crippen molar-refractivity contribution in [1.29, 1.82) is 5.26 Å². The largest absolute Gasteiger partial charge is 0.326 e. The molecule has 110 valence electrons. The number of rotatable bonds is 2. The summed E-state index contributed by atoms with van der Waals surface area (Å²) in [5, 5.41) is 12.2. The minimum atomic E-state index is -0.296. The average Bonchev–Trinajstić information content (AvgIpc) is 2.55. The standard InChI is InChI=1S/C15H12N4O2S/c16-7-10-1-3-12(4-2-10)18-14(21)11-8-19-13(20)5-6-17-15(19)22-9-11/h1-6,11H,8-9H2,(H,18,21). The molecular formula is C15H12N4O2S. The summed E-state index contributed by atoms with van der Waals surface area (Å²) in [6.45, 7) is 0.330. The number of hydrogen-bond acceptors (Lipinski definition) is 5. The number of thioether (sulfide) groups is 1. The van der Waals surface area contributed by atoms with E-state index in [-0.39, 0.29) is 17.4 Å². The second-order valence-electron chi connectivity index (χ2n) is 4.86. The van der Waals surface area contributed by atoms with Crippen LogP contribution in [0.3, 0.4) is 0 Å². The molecule has 6 nitrogen and oxygen atoms in total. The first-order valence-electron chi connectivity index (χ1n) is 6.67. The van der Waals surface area contributed by atoms with Crippen LogP contribution >= 0.6 is 11.8 Å². The van der Waals surface area contributed by atoms with Crippen molar-refractivity contribution in [3.05, 3.63) is 52.4 Å². The van der Waals surface area contributed by atoms with Gasteiger partial charge in [-0.3, -0.25) is 14.2 Å². The summed E-state index contributed by atoms with van der Waals surface area (Å²) >= 11 is 1.40. The molecule has 7 heteroatoms. The number of carbonyl (C=O) groups is 1. The maximum atomic E-state index is 12.3. The fraction of sp³-hybridized carbons (Fsp3) is 0.200. The van der Waals surface area contributed by atoms with Crippen molar-refractivity contribution in [3.8, 4) is 6.07 Å². The quantitative estimate of drug-likeness (QED) is 0.849. The van der Waals surface area contributed by atoms with Gasteiger partial charge in [-0.05, 0) is 24.3 Å². The first-order valence-corrected chi connectivity index (χ1v) is 7.65. The van der Waals surface area contributed by atoms with Crippen LogP contribution in [-0.4, -0.2) is 21.2 Å². The van der Waals surface area contributed by atoms with Crippen molar-refractivity contribution in [1.82, 2.24) is 9.55 Å². The Balaban J connectivity index is 1.72. The van der Waals surface area contributed by atoms with E-state index < -0.39 is 0 Å². The van der Waals surface area contributed by atoms with Crippen LogP contribution in [0.5, 0.6) is 0 Å². The number of nitriles is 1. The minimum absolute atomic E-state index is 0.140. The Morgan fingerprint density at radius 3 is 2.86 bits per heavy atom. The van der Waals surface area contributed by atoms with Gasteiger partial charge in [-0.2, -0.15) is 5.26 Å². The van der Waals surface area contributed by atoms with E-state index in [1.807, 2.05) is 6.07 Å². The summed E-state index contributed by atoms with van der Waals surface area (Å²) in [6.07, 6.45) is 1.48. The van der Waals surface area contributed by atoms with Gasteiger partial charge in [-0.15, -0.1) is 0 Å². The van der Waals surface area contributed by atoms with Crippen molar-refractivity contribution in [2.24, 2.45) is 5.92 Å². The predicted octanol–water partition coefficient (Wildman–Crippen LogP) is 1.48. The minimum Gasteiger partial charge on any atom is -0.326 e. The molecule has 1 aromatic heterocycles. The molecule has 2 aromatic rings. The molecule has 2 heterocycles. The van der Waals surface area contributed by atoms with Crippen LogP contribution in [0.2, 0.25) is 0 Å². The molecule has 3 rings (SSSR count). The smallest absolute Gasteiger partial charge is 0.254 e. The van der Waals surface area contributed by atoms with Crippen LogP contribution < -0.4 is 10.9 Å². The van der Waals surface area contributed by atoms with E-state index in [2.05, 4.69) is 10.3 Å². The molecule has 0 saturated heterocycles. The lowest BCUT2D eigenvalue weighted by Gasteiger charge is -2.23. The first-order chi connectivity index (χ1) is 10.7. The Morgan fingerprint density at radius 1 is 1.36 bits per heavy atom. The molecule has 22 heavy (non-hydrogen) atoms. The summed E-state index contributed by atoms with van der Waals surface area (Å²) in [5.74, 6) is 0.145. The summed E-state index contributed by atoms with van der Waals surface area (Å²) in [5.41, 5.74) is 1.03. The van der Waals surface area contributed by atoms with Crippen molar-refractivity contribution in [2.75, 3.05) is 11.1 Å². The fourth-order valence-corrected chi connectivity index (χ4v) is 3.24. The lowest BCUT2D eigenvalue weighted by molar-refractivity contribution is -0.119. The zero-order valence-corrected chi connectivity index (χ0v) is 12.3. The van der Waals surface area contributed by atoms with Crippen molar-refractivity contribution >= 4 is 23.4 Å². The molecule has 0 aliphatic carbocycles. The van der Waals surface area contributed by atoms with Gasteiger partial charge in [-0.1, -0.05) is 11.8 Å². The number of nitrogens with zero attached hydrogens (tertiary/aromatic N) is 3. The van der Waals surface area contributed by atoms with Crippen molar-refractivity contribution < 1.29 is 4.79 Å². The van der Waals surface area contributed by atoms with Crippen LogP contribution in [-0.2, 0) is 11.3 Å². The Kier molecular flexibility index (Phi) is 3.94. The number of aromatic nitrogens is 2. The average molecular weight is 312 g/mol. The zero-order valence-electron chi connectivity index (χ0n) is 11.5. The van der Waals surface area contributed by atoms with Crippen LogP contribution in [0.4, 0.5) is 5.69 Å². The molecule has 1 aliphatic rings. The molecule has 0 fully saturated rings. The Bertz CT molecular complexity index is 808. The second kappa shape index (κ2) is 6.03. The van der Waals surface area contributed by atoms with Crippen LogP contribution in [0.25, 0.3) is 0 Å². The van der Waals surface area contributed by atoms with Crippen LogP contribution in [0, 0.1) is 17.2 Å². The maximum absolute atomic E-state index is 12.3. The lowest BCUT2D eigenvalue weighted by atomic mass is 10.1. The van der Waals surface area contributed by atoms with E-state index in [0.29, 0.717) is 28.7 Å². The highest BCUT2D eigenvalue weighted by atomic mass is 32.2. The van der Waals surface area contributed by atoms with Crippen molar-refractivity contribution in [3.63, 3.8) is 0 Å². The van der Waals surface area contributed by atoms with Gasteiger partial charge in [0.1, 0.15) is 0 Å². The topological polar surface area (TPSA) is 87.8 Å². The predicted molar refractivity (Wildman–Crippen MR) is 82.5 cm³/mol. The Labute approximate surface area is 130 Å². The molecule has 1 aromatic carbocycles. The lowest BCUT2D eigenvalue weighted by Crippen LogP contribution is -2.36. The fourth-order valence-electron chi connectivity index (χ4n) is 2.18. The molecule has 1 N–H and O–H groups in total. The van der Waals surface area contributed by atoms with E-state index in [0.717, 1.165) is 0 Å². The number of hydrogen-bond donors (Lipinski definition) is 1. The van der Waals surface area contributed by atoms with Crippen molar-refractivity contribution in [2.45, 2.75) is 11.7 Å². The normalized spacial score (nSPS) is 16.4. The van der Waals surface area contributed by atoms with Gasteiger partial charge in [0.05, 0.1) is 17.6 Å². The summed E-state index contributed by atoms with van der Waals surface area (Å²) in [4.78, 5) is 28.3. The molecule has 1 unspecified atom stereocenters. The molecule has 0 spiro atoms. The van der Waals surface area contributed by atoms with Gasteiger partial charge < -0.3 is 5.32 Å². The first kappa shape index (κ1) is 14.4. The Hall–Kier alpha value is -2.59. The van der Waals surface area contributed by atoms with Gasteiger partial charge in [0.25, 0.3) is 5.56 Å². The number of anilines is 1. The number of benzene rings is 1. The SMILES string of the molecule is N#Cc1ccc(NC(=O)C2CSc3nccc(=O)n3C2)cc1. The van der Waals surface area contributed by atoms with E-state index in [4.69, 9.17) is 5.26 Å². The highest BCUT2D eigenvalue weighted by Crippen LogP contribution is 2.25. The third-order valence-electron chi connectivity index (χ3n) is 3.37. The summed E-state index contributed by atoms with van der Waals surface area (Å²) in [7, 11) is 0.